The molecule has 0 bridgehead atoms. The Morgan fingerprint density at radius 3 is 2.62 bits per heavy atom. The van der Waals surface area contributed by atoms with Gasteiger partial charge in [0.25, 0.3) is 0 Å². The second kappa shape index (κ2) is 4.67. The molecule has 1 aromatic rings. The quantitative estimate of drug-likeness (QED) is 0.904. The molecule has 4 heteroatoms. The maximum atomic E-state index is 11.7. The average Bonchev–Trinajstić information content (AvgIpc) is 2.22. The molecule has 3 nitrogen and oxygen atoms in total. The second-order valence-corrected chi connectivity index (χ2v) is 5.03. The number of benzene rings is 1. The van der Waals surface area contributed by atoms with Crippen LogP contribution >= 0.6 is 15.9 Å². The molecule has 0 aliphatic heterocycles. The van der Waals surface area contributed by atoms with Crippen molar-refractivity contribution in [3.8, 4) is 6.07 Å². The zero-order valence-electron chi connectivity index (χ0n) is 9.47. The first-order valence-electron chi connectivity index (χ1n) is 4.85. The molecule has 0 radical (unpaired) electrons. The van der Waals surface area contributed by atoms with Gasteiger partial charge in [-0.1, -0.05) is 6.07 Å². The standard InChI is InChI=1S/C12H13BrN2O/c1-8-4-5-10(9(13)6-8)15-11(16)12(2,3)7-14/h4-6H,1-3H3,(H,15,16). The van der Waals surface area contributed by atoms with Gasteiger partial charge in [0.2, 0.25) is 5.91 Å². The fraction of sp³-hybridized carbons (Fsp3) is 0.333. The fourth-order valence-corrected chi connectivity index (χ4v) is 1.64. The number of hydrogen-bond donors (Lipinski definition) is 1. The summed E-state index contributed by atoms with van der Waals surface area (Å²) in [5.74, 6) is -0.306. The number of nitrogens with one attached hydrogen (secondary N) is 1. The highest BCUT2D eigenvalue weighted by Crippen LogP contribution is 2.25. The van der Waals surface area contributed by atoms with Gasteiger partial charge in [0.05, 0.1) is 11.8 Å². The minimum absolute atomic E-state index is 0.306. The number of carbonyl (C=O) groups excluding carboxylic acids is 1. The Labute approximate surface area is 104 Å². The minimum Gasteiger partial charge on any atom is -0.324 e. The van der Waals surface area contributed by atoms with Gasteiger partial charge in [-0.15, -0.1) is 0 Å². The van der Waals surface area contributed by atoms with Crippen LogP contribution in [0, 0.1) is 23.7 Å². The topological polar surface area (TPSA) is 52.9 Å². The van der Waals surface area contributed by atoms with Gasteiger partial charge in [-0.25, -0.2) is 0 Å². The smallest absolute Gasteiger partial charge is 0.244 e. The van der Waals surface area contributed by atoms with Crippen LogP contribution in [0.4, 0.5) is 5.69 Å². The van der Waals surface area contributed by atoms with Crippen molar-refractivity contribution in [3.05, 3.63) is 28.2 Å². The third-order valence-electron chi connectivity index (χ3n) is 2.22. The molecule has 0 aliphatic carbocycles. The fourth-order valence-electron chi connectivity index (χ4n) is 1.05. The third kappa shape index (κ3) is 2.83. The van der Waals surface area contributed by atoms with E-state index in [1.165, 1.54) is 0 Å². The number of carbonyl (C=O) groups is 1. The highest BCUT2D eigenvalue weighted by Gasteiger charge is 2.27. The van der Waals surface area contributed by atoms with Crippen molar-refractivity contribution in [1.82, 2.24) is 0 Å². The van der Waals surface area contributed by atoms with E-state index in [0.717, 1.165) is 10.0 Å². The zero-order chi connectivity index (χ0) is 12.3. The lowest BCUT2D eigenvalue weighted by atomic mass is 9.94. The van der Waals surface area contributed by atoms with Crippen molar-refractivity contribution in [3.63, 3.8) is 0 Å². The molecule has 1 aromatic carbocycles. The molecule has 0 fully saturated rings. The Bertz CT molecular complexity index is 461. The largest absolute Gasteiger partial charge is 0.324 e. The van der Waals surface area contributed by atoms with Crippen molar-refractivity contribution in [2.45, 2.75) is 20.8 Å². The van der Waals surface area contributed by atoms with E-state index in [1.807, 2.05) is 31.2 Å². The van der Waals surface area contributed by atoms with Crippen LogP contribution in [0.5, 0.6) is 0 Å². The monoisotopic (exact) mass is 280 g/mol. The molecule has 0 unspecified atom stereocenters. The summed E-state index contributed by atoms with van der Waals surface area (Å²) in [6.45, 7) is 5.14. The van der Waals surface area contributed by atoms with E-state index in [2.05, 4.69) is 21.2 Å². The van der Waals surface area contributed by atoms with Crippen LogP contribution < -0.4 is 5.32 Å². The van der Waals surface area contributed by atoms with Crippen LogP contribution in [0.3, 0.4) is 0 Å². The Morgan fingerprint density at radius 2 is 2.12 bits per heavy atom. The van der Waals surface area contributed by atoms with Crippen molar-refractivity contribution >= 4 is 27.5 Å². The summed E-state index contributed by atoms with van der Waals surface area (Å²) >= 11 is 3.37. The molecule has 16 heavy (non-hydrogen) atoms. The SMILES string of the molecule is Cc1ccc(NC(=O)C(C)(C)C#N)c(Br)c1. The van der Waals surface area contributed by atoms with Crippen LogP contribution in [0.2, 0.25) is 0 Å². The van der Waals surface area contributed by atoms with Gasteiger partial charge in [-0.2, -0.15) is 5.26 Å². The minimum atomic E-state index is -1.02. The summed E-state index contributed by atoms with van der Waals surface area (Å²) in [4.78, 5) is 11.7. The maximum Gasteiger partial charge on any atom is 0.244 e. The Kier molecular flexibility index (Phi) is 3.71. The van der Waals surface area contributed by atoms with Gasteiger partial charge in [-0.3, -0.25) is 4.79 Å². The first-order chi connectivity index (χ1) is 7.36. The molecule has 1 amide bonds. The molecule has 0 aromatic heterocycles. The van der Waals surface area contributed by atoms with E-state index in [4.69, 9.17) is 5.26 Å². The van der Waals surface area contributed by atoms with Gasteiger partial charge in [0, 0.05) is 4.47 Å². The Hall–Kier alpha value is -1.34. The number of rotatable bonds is 2. The summed E-state index contributed by atoms with van der Waals surface area (Å²) in [5.41, 5.74) is 0.757. The summed E-state index contributed by atoms with van der Waals surface area (Å²) in [6.07, 6.45) is 0. The molecule has 0 saturated heterocycles. The second-order valence-electron chi connectivity index (χ2n) is 4.17. The van der Waals surface area contributed by atoms with E-state index in [-0.39, 0.29) is 5.91 Å². The number of nitriles is 1. The lowest BCUT2D eigenvalue weighted by Gasteiger charge is -2.16. The van der Waals surface area contributed by atoms with Crippen LogP contribution in [0.25, 0.3) is 0 Å². The van der Waals surface area contributed by atoms with Crippen molar-refractivity contribution in [2.24, 2.45) is 5.41 Å². The number of amides is 1. The summed E-state index contributed by atoms with van der Waals surface area (Å²) < 4.78 is 0.814. The number of nitrogens with zero attached hydrogens (tertiary/aromatic N) is 1. The molecule has 0 aliphatic rings. The average molecular weight is 281 g/mol. The van der Waals surface area contributed by atoms with E-state index < -0.39 is 5.41 Å². The molecular weight excluding hydrogens is 268 g/mol. The number of anilines is 1. The van der Waals surface area contributed by atoms with Gasteiger partial charge in [-0.05, 0) is 54.4 Å². The molecule has 0 saturated carbocycles. The molecule has 84 valence electrons. The Morgan fingerprint density at radius 1 is 1.50 bits per heavy atom. The maximum absolute atomic E-state index is 11.7. The van der Waals surface area contributed by atoms with E-state index in [0.29, 0.717) is 5.69 Å². The van der Waals surface area contributed by atoms with Gasteiger partial charge in [0.1, 0.15) is 5.41 Å². The predicted octanol–water partition coefficient (Wildman–Crippen LogP) is 3.25. The van der Waals surface area contributed by atoms with Gasteiger partial charge in [0.15, 0.2) is 0 Å². The van der Waals surface area contributed by atoms with Crippen LogP contribution in [0.1, 0.15) is 19.4 Å². The highest BCUT2D eigenvalue weighted by atomic mass is 79.9. The summed E-state index contributed by atoms with van der Waals surface area (Å²) in [7, 11) is 0. The van der Waals surface area contributed by atoms with E-state index >= 15 is 0 Å². The van der Waals surface area contributed by atoms with Gasteiger partial charge < -0.3 is 5.32 Å². The van der Waals surface area contributed by atoms with Crippen molar-refractivity contribution in [2.75, 3.05) is 5.32 Å². The Balaban J connectivity index is 2.91. The number of aryl methyl sites for hydroxylation is 1. The predicted molar refractivity (Wildman–Crippen MR) is 66.9 cm³/mol. The molecule has 0 spiro atoms. The first kappa shape index (κ1) is 12.7. The molecule has 0 heterocycles. The first-order valence-corrected chi connectivity index (χ1v) is 5.65. The molecule has 1 N–H and O–H groups in total. The van der Waals surface area contributed by atoms with E-state index in [1.54, 1.807) is 13.8 Å². The molecule has 1 rings (SSSR count). The molecular formula is C12H13BrN2O. The third-order valence-corrected chi connectivity index (χ3v) is 2.88. The summed E-state index contributed by atoms with van der Waals surface area (Å²) in [5, 5.41) is 11.6. The zero-order valence-corrected chi connectivity index (χ0v) is 11.1. The number of hydrogen-bond acceptors (Lipinski definition) is 2. The van der Waals surface area contributed by atoms with Crippen molar-refractivity contribution < 1.29 is 4.79 Å². The highest BCUT2D eigenvalue weighted by molar-refractivity contribution is 9.10. The van der Waals surface area contributed by atoms with Gasteiger partial charge >= 0.3 is 0 Å². The molecule has 0 atom stereocenters. The lowest BCUT2D eigenvalue weighted by Crippen LogP contribution is -2.29. The van der Waals surface area contributed by atoms with Crippen LogP contribution in [-0.4, -0.2) is 5.91 Å². The summed E-state index contributed by atoms with van der Waals surface area (Å²) in [6, 6.07) is 7.59. The van der Waals surface area contributed by atoms with Crippen LogP contribution in [-0.2, 0) is 4.79 Å². The number of halogens is 1. The van der Waals surface area contributed by atoms with E-state index in [9.17, 15) is 4.79 Å². The van der Waals surface area contributed by atoms with Crippen LogP contribution in [0.15, 0.2) is 22.7 Å². The van der Waals surface area contributed by atoms with Crippen molar-refractivity contribution in [1.29, 1.82) is 5.26 Å². The lowest BCUT2D eigenvalue weighted by molar-refractivity contribution is -0.121. The normalized spacial score (nSPS) is 10.7.